The van der Waals surface area contributed by atoms with Gasteiger partial charge in [-0.15, -0.1) is 0 Å². The first-order chi connectivity index (χ1) is 7.90. The molecule has 2 atom stereocenters. The van der Waals surface area contributed by atoms with Crippen LogP contribution in [-0.4, -0.2) is 17.1 Å². The quantitative estimate of drug-likeness (QED) is 0.869. The van der Waals surface area contributed by atoms with Crippen LogP contribution in [0.2, 0.25) is 10.0 Å². The summed E-state index contributed by atoms with van der Waals surface area (Å²) in [5, 5.41) is 9.84. The molecule has 3 nitrogen and oxygen atoms in total. The van der Waals surface area contributed by atoms with Gasteiger partial charge in [0.1, 0.15) is 0 Å². The van der Waals surface area contributed by atoms with E-state index < -0.39 is 5.97 Å². The van der Waals surface area contributed by atoms with Crippen LogP contribution in [0.1, 0.15) is 18.9 Å². The van der Waals surface area contributed by atoms with E-state index in [9.17, 15) is 4.79 Å². The number of carbonyl (C=O) groups is 1. The second-order valence-electron chi connectivity index (χ2n) is 4.18. The van der Waals surface area contributed by atoms with Gasteiger partial charge in [0.15, 0.2) is 0 Å². The minimum absolute atomic E-state index is 0.0353. The SMILES string of the molecule is CC(Cc1ccc(Cl)cc1Cl)C(N)CC(=O)O. The molecule has 0 aliphatic heterocycles. The number of carboxylic acids is 1. The van der Waals surface area contributed by atoms with Crippen molar-refractivity contribution in [3.05, 3.63) is 33.8 Å². The lowest BCUT2D eigenvalue weighted by Crippen LogP contribution is -2.32. The fourth-order valence-corrected chi connectivity index (χ4v) is 2.07. The van der Waals surface area contributed by atoms with Crippen molar-refractivity contribution in [1.29, 1.82) is 0 Å². The van der Waals surface area contributed by atoms with Crippen LogP contribution < -0.4 is 5.73 Å². The van der Waals surface area contributed by atoms with Crippen molar-refractivity contribution in [3.63, 3.8) is 0 Å². The summed E-state index contributed by atoms with van der Waals surface area (Å²) in [5.74, 6) is -0.837. The number of hydrogen-bond donors (Lipinski definition) is 2. The van der Waals surface area contributed by atoms with Crippen molar-refractivity contribution < 1.29 is 9.90 Å². The average Bonchev–Trinajstić information content (AvgIpc) is 2.21. The Hall–Kier alpha value is -0.770. The molecule has 0 heterocycles. The highest BCUT2D eigenvalue weighted by Crippen LogP contribution is 2.24. The first-order valence-electron chi connectivity index (χ1n) is 5.31. The smallest absolute Gasteiger partial charge is 0.304 e. The predicted molar refractivity (Wildman–Crippen MR) is 69.6 cm³/mol. The fourth-order valence-electron chi connectivity index (χ4n) is 1.59. The van der Waals surface area contributed by atoms with Crippen LogP contribution in [-0.2, 0) is 11.2 Å². The molecule has 0 radical (unpaired) electrons. The Morgan fingerprint density at radius 2 is 2.12 bits per heavy atom. The summed E-state index contributed by atoms with van der Waals surface area (Å²) in [7, 11) is 0. The molecule has 0 aromatic heterocycles. The monoisotopic (exact) mass is 275 g/mol. The van der Waals surface area contributed by atoms with Gasteiger partial charge in [-0.1, -0.05) is 36.2 Å². The summed E-state index contributed by atoms with van der Waals surface area (Å²) in [6, 6.07) is 4.90. The van der Waals surface area contributed by atoms with Gasteiger partial charge in [0.2, 0.25) is 0 Å². The summed E-state index contributed by atoms with van der Waals surface area (Å²) in [6.45, 7) is 1.92. The summed E-state index contributed by atoms with van der Waals surface area (Å²) in [4.78, 5) is 10.6. The van der Waals surface area contributed by atoms with Crippen molar-refractivity contribution in [2.24, 2.45) is 11.7 Å². The Bertz CT molecular complexity index is 409. The molecule has 0 saturated heterocycles. The normalized spacial score (nSPS) is 14.4. The van der Waals surface area contributed by atoms with E-state index in [4.69, 9.17) is 34.0 Å². The average molecular weight is 276 g/mol. The van der Waals surface area contributed by atoms with E-state index in [1.54, 1.807) is 12.1 Å². The van der Waals surface area contributed by atoms with Gasteiger partial charge in [0, 0.05) is 16.1 Å². The number of hydrogen-bond acceptors (Lipinski definition) is 2. The largest absolute Gasteiger partial charge is 0.481 e. The van der Waals surface area contributed by atoms with Gasteiger partial charge in [-0.3, -0.25) is 4.79 Å². The third-order valence-electron chi connectivity index (χ3n) is 2.70. The Morgan fingerprint density at radius 3 is 2.65 bits per heavy atom. The highest BCUT2D eigenvalue weighted by Gasteiger charge is 2.17. The molecule has 0 bridgehead atoms. The van der Waals surface area contributed by atoms with Crippen molar-refractivity contribution in [2.45, 2.75) is 25.8 Å². The van der Waals surface area contributed by atoms with Crippen LogP contribution in [0.5, 0.6) is 0 Å². The molecule has 3 N–H and O–H groups in total. The molecule has 2 unspecified atom stereocenters. The van der Waals surface area contributed by atoms with Crippen LogP contribution in [0, 0.1) is 5.92 Å². The first-order valence-corrected chi connectivity index (χ1v) is 6.07. The van der Waals surface area contributed by atoms with Crippen LogP contribution in [0.25, 0.3) is 0 Å². The summed E-state index contributed by atoms with van der Waals surface area (Å²) >= 11 is 11.8. The first kappa shape index (κ1) is 14.3. The molecule has 17 heavy (non-hydrogen) atoms. The molecule has 1 aromatic carbocycles. The van der Waals surface area contributed by atoms with Crippen LogP contribution in [0.15, 0.2) is 18.2 Å². The maximum Gasteiger partial charge on any atom is 0.304 e. The Morgan fingerprint density at radius 1 is 1.47 bits per heavy atom. The molecule has 0 fully saturated rings. The maximum atomic E-state index is 10.6. The van der Waals surface area contributed by atoms with Gasteiger partial charge in [-0.2, -0.15) is 0 Å². The number of rotatable bonds is 5. The topological polar surface area (TPSA) is 63.3 Å². The maximum absolute atomic E-state index is 10.6. The summed E-state index contributed by atoms with van der Waals surface area (Å²) in [5.41, 5.74) is 6.73. The van der Waals surface area contributed by atoms with Gasteiger partial charge in [0.05, 0.1) is 6.42 Å². The van der Waals surface area contributed by atoms with Gasteiger partial charge in [0.25, 0.3) is 0 Å². The molecule has 94 valence electrons. The van der Waals surface area contributed by atoms with Crippen LogP contribution in [0.4, 0.5) is 0 Å². The zero-order chi connectivity index (χ0) is 13.0. The standard InChI is InChI=1S/C12H15Cl2NO2/c1-7(11(15)6-12(16)17)4-8-2-3-9(13)5-10(8)14/h2-3,5,7,11H,4,6,15H2,1H3,(H,16,17). The molecule has 1 aromatic rings. The zero-order valence-electron chi connectivity index (χ0n) is 9.49. The Labute approximate surface area is 111 Å². The summed E-state index contributed by atoms with van der Waals surface area (Å²) < 4.78 is 0. The van der Waals surface area contributed by atoms with Crippen molar-refractivity contribution >= 4 is 29.2 Å². The number of aliphatic carboxylic acids is 1. The molecular weight excluding hydrogens is 261 g/mol. The fraction of sp³-hybridized carbons (Fsp3) is 0.417. The van der Waals surface area contributed by atoms with Crippen molar-refractivity contribution in [3.8, 4) is 0 Å². The van der Waals surface area contributed by atoms with E-state index in [0.29, 0.717) is 16.5 Å². The molecule has 0 amide bonds. The number of nitrogens with two attached hydrogens (primary N) is 1. The molecule has 0 saturated carbocycles. The second-order valence-corrected chi connectivity index (χ2v) is 5.02. The number of halogens is 2. The van der Waals surface area contributed by atoms with Gasteiger partial charge >= 0.3 is 5.97 Å². The minimum Gasteiger partial charge on any atom is -0.481 e. The molecule has 1 rings (SSSR count). The lowest BCUT2D eigenvalue weighted by atomic mass is 9.92. The van der Waals surface area contributed by atoms with Gasteiger partial charge in [-0.05, 0) is 30.0 Å². The molecule has 0 aliphatic rings. The lowest BCUT2D eigenvalue weighted by Gasteiger charge is -2.18. The Balaban J connectivity index is 2.67. The third kappa shape index (κ3) is 4.54. The molecule has 0 aliphatic carbocycles. The third-order valence-corrected chi connectivity index (χ3v) is 3.29. The molecule has 0 spiro atoms. The molecular formula is C12H15Cl2NO2. The van der Waals surface area contributed by atoms with E-state index in [0.717, 1.165) is 5.56 Å². The van der Waals surface area contributed by atoms with E-state index in [-0.39, 0.29) is 18.4 Å². The van der Waals surface area contributed by atoms with Crippen molar-refractivity contribution in [1.82, 2.24) is 0 Å². The zero-order valence-corrected chi connectivity index (χ0v) is 11.0. The lowest BCUT2D eigenvalue weighted by molar-refractivity contribution is -0.137. The van der Waals surface area contributed by atoms with Crippen molar-refractivity contribution in [2.75, 3.05) is 0 Å². The highest BCUT2D eigenvalue weighted by molar-refractivity contribution is 6.35. The van der Waals surface area contributed by atoms with Crippen LogP contribution in [0.3, 0.4) is 0 Å². The molecule has 5 heteroatoms. The summed E-state index contributed by atoms with van der Waals surface area (Å²) in [6.07, 6.45) is 0.608. The highest BCUT2D eigenvalue weighted by atomic mass is 35.5. The Kier molecular flexibility index (Phi) is 5.25. The predicted octanol–water partition coefficient (Wildman–Crippen LogP) is 2.97. The minimum atomic E-state index is -0.883. The second kappa shape index (κ2) is 6.24. The number of benzene rings is 1. The van der Waals surface area contributed by atoms with E-state index in [2.05, 4.69) is 0 Å². The van der Waals surface area contributed by atoms with Crippen LogP contribution >= 0.6 is 23.2 Å². The van der Waals surface area contributed by atoms with Gasteiger partial charge in [-0.25, -0.2) is 0 Å². The van der Waals surface area contributed by atoms with E-state index in [1.807, 2.05) is 13.0 Å². The van der Waals surface area contributed by atoms with E-state index >= 15 is 0 Å². The number of carboxylic acid groups (broad SMARTS) is 1. The van der Waals surface area contributed by atoms with Gasteiger partial charge < -0.3 is 10.8 Å². The van der Waals surface area contributed by atoms with E-state index in [1.165, 1.54) is 0 Å².